The zero-order chi connectivity index (χ0) is 33.5. The Kier molecular flexibility index (Phi) is 9.84. The van der Waals surface area contributed by atoms with Gasteiger partial charge in [0.15, 0.2) is 0 Å². The molecule has 4 aromatic rings. The number of hydrogen-bond donors (Lipinski definition) is 1. The van der Waals surface area contributed by atoms with Gasteiger partial charge >= 0.3 is 231 Å². The van der Waals surface area contributed by atoms with Crippen LogP contribution in [0.3, 0.4) is 0 Å². The van der Waals surface area contributed by atoms with E-state index in [-0.39, 0.29) is 0 Å². The van der Waals surface area contributed by atoms with E-state index in [0.717, 1.165) is 5.92 Å². The molecule has 1 nitrogen and oxygen atoms in total. The minimum atomic E-state index is -2.31. The van der Waals surface area contributed by atoms with Gasteiger partial charge < -0.3 is 0 Å². The maximum Gasteiger partial charge on any atom is -0.0184 e. The van der Waals surface area contributed by atoms with E-state index >= 15 is 0 Å². The molecule has 4 aromatic carbocycles. The molecule has 3 unspecified atom stereocenters. The quantitative estimate of drug-likeness (QED) is 0.185. The maximum absolute atomic E-state index is 4.85. The molecule has 9 rings (SSSR count). The van der Waals surface area contributed by atoms with E-state index in [1.165, 1.54) is 49.7 Å². The average Bonchev–Trinajstić information content (AvgIpc) is 3.26. The Morgan fingerprint density at radius 3 is 1.42 bits per heavy atom. The van der Waals surface area contributed by atoms with Gasteiger partial charge in [-0.3, -0.25) is 0 Å². The summed E-state index contributed by atoms with van der Waals surface area (Å²) in [6.45, 7) is 15.1. The molecule has 3 heteroatoms. The normalized spacial score (nSPS) is 28.9. The smallest absolute Gasteiger partial charge is 0.0184 e. The van der Waals surface area contributed by atoms with Crippen LogP contribution < -0.4 is 12.1 Å². The van der Waals surface area contributed by atoms with Crippen LogP contribution in [0.5, 0.6) is 0 Å². The first-order valence-electron chi connectivity index (χ1n) is 18.3. The molecule has 0 aliphatic heterocycles. The van der Waals surface area contributed by atoms with E-state index in [1.54, 1.807) is 25.5 Å². The van der Waals surface area contributed by atoms with E-state index in [9.17, 15) is 0 Å². The van der Waals surface area contributed by atoms with Gasteiger partial charge in [0.25, 0.3) is 0 Å². The molecule has 0 heterocycles. The Morgan fingerprint density at radius 1 is 0.583 bits per heavy atom. The fraction of sp³-hybridized carbons (Fsp3) is 0.378. The molecule has 5 aliphatic carbocycles. The van der Waals surface area contributed by atoms with E-state index in [4.69, 9.17) is 3.26 Å². The summed E-state index contributed by atoms with van der Waals surface area (Å²) in [7, 11) is -2.10. The van der Waals surface area contributed by atoms with Crippen molar-refractivity contribution in [3.8, 4) is 11.1 Å². The summed E-state index contributed by atoms with van der Waals surface area (Å²) in [6.07, 6.45) is 8.68. The number of hydrogen-bond acceptors (Lipinski definition) is 1. The summed E-state index contributed by atoms with van der Waals surface area (Å²) >= 11 is -2.31. The first kappa shape index (κ1) is 34.2. The van der Waals surface area contributed by atoms with Gasteiger partial charge in [0.05, 0.1) is 0 Å². The van der Waals surface area contributed by atoms with Crippen LogP contribution in [0.25, 0.3) is 11.1 Å². The molecular formula is C45H54GeNZr. The first-order chi connectivity index (χ1) is 23.1. The molecular weight excluding hydrogens is 718 g/mol. The van der Waals surface area contributed by atoms with Crippen molar-refractivity contribution in [2.75, 3.05) is 0 Å². The summed E-state index contributed by atoms with van der Waals surface area (Å²) in [4.78, 5) is 0. The topological polar surface area (TPSA) is 12.0 Å². The zero-order valence-corrected chi connectivity index (χ0v) is 34.9. The third kappa shape index (κ3) is 6.89. The van der Waals surface area contributed by atoms with Crippen molar-refractivity contribution in [1.29, 1.82) is 0 Å². The Balaban J connectivity index is 0.000000255. The van der Waals surface area contributed by atoms with Crippen molar-refractivity contribution in [2.24, 2.45) is 22.7 Å². The maximum atomic E-state index is 4.85. The van der Waals surface area contributed by atoms with E-state index in [1.807, 2.05) is 15.4 Å². The Bertz CT molecular complexity index is 1690. The second-order valence-corrected chi connectivity index (χ2v) is 39.6. The molecule has 5 aliphatic rings. The van der Waals surface area contributed by atoms with Crippen molar-refractivity contribution >= 4 is 19.4 Å². The second kappa shape index (κ2) is 13.8. The number of nitrogens with one attached hydrogen (secondary N) is 1. The molecule has 4 fully saturated rings. The zero-order valence-electron chi connectivity index (χ0n) is 30.0. The van der Waals surface area contributed by atoms with Crippen LogP contribution >= 0.6 is 0 Å². The third-order valence-corrected chi connectivity index (χ3v) is 44.9. The average molecular weight is 773 g/mol. The minimum Gasteiger partial charge on any atom is -0.0622 e. The Hall–Kier alpha value is -2.25. The molecule has 0 aromatic heterocycles. The number of allylic oxidation sites excluding steroid dienone is 4. The fourth-order valence-corrected chi connectivity index (χ4v) is 51.1. The van der Waals surface area contributed by atoms with Crippen LogP contribution in [-0.2, 0) is 19.5 Å². The molecule has 247 valence electrons. The number of rotatable bonds is 7. The standard InChI is InChI=1S/C12H11Ge.C12H20N.C12H10.C9H13.Zr/c1-3-7-11(8-4-1)13-12-9-5-2-6-10-12;1-10-3-9-4-11(2,6-10)8-12(13,5-9)7-10;1-3-7-11(8-4-1)12-9-5-2-6-10-12;1-6-5-7(2)9(4)8(6)3;/h1-10,13H;9,13H,3-8H2,1-2H3;1-10H;6H,1-4H3;/q;-1;;;+1. The van der Waals surface area contributed by atoms with Crippen LogP contribution in [0.4, 0.5) is 0 Å². The van der Waals surface area contributed by atoms with Crippen molar-refractivity contribution in [3.05, 3.63) is 141 Å². The molecule has 0 spiro atoms. The summed E-state index contributed by atoms with van der Waals surface area (Å²) in [5, 5.41) is 0. The predicted molar refractivity (Wildman–Crippen MR) is 205 cm³/mol. The van der Waals surface area contributed by atoms with Gasteiger partial charge in [0, 0.05) is 0 Å². The largest absolute Gasteiger partial charge is 0.0622 e. The van der Waals surface area contributed by atoms with Gasteiger partial charge in [-0.25, -0.2) is 0 Å². The molecule has 48 heavy (non-hydrogen) atoms. The van der Waals surface area contributed by atoms with Crippen LogP contribution in [0, 0.1) is 22.7 Å². The predicted octanol–water partition coefficient (Wildman–Crippen LogP) is 10.0. The second-order valence-electron chi connectivity index (χ2n) is 16.5. The Morgan fingerprint density at radius 2 is 1.02 bits per heavy atom. The third-order valence-electron chi connectivity index (χ3n) is 12.4. The molecule has 0 amide bonds. The number of benzene rings is 4. The molecule has 0 radical (unpaired) electrons. The molecule has 1 N–H and O–H groups in total. The summed E-state index contributed by atoms with van der Waals surface area (Å²) < 4.78 is 10.2. The van der Waals surface area contributed by atoms with E-state index < -0.39 is 30.1 Å². The van der Waals surface area contributed by atoms with Gasteiger partial charge in [-0.15, -0.1) is 0 Å². The van der Waals surface area contributed by atoms with E-state index in [0.29, 0.717) is 22.3 Å². The van der Waals surface area contributed by atoms with Crippen molar-refractivity contribution < 1.29 is 19.5 Å². The Labute approximate surface area is 300 Å². The van der Waals surface area contributed by atoms with Crippen LogP contribution in [0.2, 0.25) is 0 Å². The molecule has 4 saturated carbocycles. The van der Waals surface area contributed by atoms with Crippen molar-refractivity contribution in [3.63, 3.8) is 0 Å². The van der Waals surface area contributed by atoms with Gasteiger partial charge in [-0.05, 0) is 11.1 Å². The molecule has 3 atom stereocenters. The van der Waals surface area contributed by atoms with Gasteiger partial charge in [-0.1, -0.05) is 60.7 Å². The SMILES string of the molecule is CC1=C(C)C(C)[C]([Zr]([NH]C23CC4CC(C)(CC(C)(C4)C2)C3)[GeH]([c]2ccccc2)[c]2ccccc2)=C1C.c1ccc(-c2ccccc2)cc1. The van der Waals surface area contributed by atoms with Gasteiger partial charge in [-0.2, -0.15) is 0 Å². The monoisotopic (exact) mass is 772 g/mol. The minimum absolute atomic E-state index is 0.377. The summed E-state index contributed by atoms with van der Waals surface area (Å²) in [5.41, 5.74) is 8.90. The fourth-order valence-electron chi connectivity index (χ4n) is 11.0. The van der Waals surface area contributed by atoms with Gasteiger partial charge in [0.2, 0.25) is 0 Å². The molecule has 0 saturated heterocycles. The van der Waals surface area contributed by atoms with Crippen molar-refractivity contribution in [1.82, 2.24) is 3.26 Å². The van der Waals surface area contributed by atoms with Crippen LogP contribution in [0.15, 0.2) is 141 Å². The first-order valence-corrected chi connectivity index (χ1v) is 31.8. The van der Waals surface area contributed by atoms with Crippen LogP contribution in [-0.4, -0.2) is 16.1 Å². The molecule has 4 bridgehead atoms. The van der Waals surface area contributed by atoms with Crippen molar-refractivity contribution in [2.45, 2.75) is 85.6 Å². The van der Waals surface area contributed by atoms with E-state index in [2.05, 4.69) is 151 Å². The van der Waals surface area contributed by atoms with Crippen LogP contribution in [0.1, 0.15) is 80.1 Å². The van der Waals surface area contributed by atoms with Gasteiger partial charge in [0.1, 0.15) is 0 Å². The summed E-state index contributed by atoms with van der Waals surface area (Å²) in [5.74, 6) is 1.55. The summed E-state index contributed by atoms with van der Waals surface area (Å²) in [6, 6.07) is 44.4.